The topological polar surface area (TPSA) is 39.2 Å². The Morgan fingerprint density at radius 1 is 1.35 bits per heavy atom. The SMILES string of the molecule is COC(=O)c1csc(-c2ccc(F)cc2C(F)(F)F)n1. The second-order valence-electron chi connectivity index (χ2n) is 3.72. The third kappa shape index (κ3) is 2.79. The summed E-state index contributed by atoms with van der Waals surface area (Å²) in [6.45, 7) is 0. The molecule has 1 heterocycles. The summed E-state index contributed by atoms with van der Waals surface area (Å²) in [6.07, 6.45) is -4.71. The molecule has 0 fully saturated rings. The standard InChI is InChI=1S/C12H7F4NO2S/c1-19-11(18)9-5-20-10(17-9)7-3-2-6(13)4-8(7)12(14,15)16/h2-5H,1H3. The first-order valence-corrected chi connectivity index (χ1v) is 6.12. The lowest BCUT2D eigenvalue weighted by molar-refractivity contribution is -0.137. The molecule has 1 aromatic heterocycles. The molecule has 0 aliphatic carbocycles. The van der Waals surface area contributed by atoms with Gasteiger partial charge in [0.1, 0.15) is 10.8 Å². The predicted molar refractivity (Wildman–Crippen MR) is 63.8 cm³/mol. The number of ether oxygens (including phenoxy) is 1. The van der Waals surface area contributed by atoms with E-state index in [1.165, 1.54) is 5.38 Å². The fourth-order valence-corrected chi connectivity index (χ4v) is 2.36. The van der Waals surface area contributed by atoms with Crippen molar-refractivity contribution < 1.29 is 27.1 Å². The first-order valence-electron chi connectivity index (χ1n) is 5.24. The summed E-state index contributed by atoms with van der Waals surface area (Å²) >= 11 is 0.848. The fourth-order valence-electron chi connectivity index (χ4n) is 1.53. The molecule has 0 saturated carbocycles. The molecule has 0 amide bonds. The Morgan fingerprint density at radius 3 is 2.65 bits per heavy atom. The van der Waals surface area contributed by atoms with Gasteiger partial charge in [0, 0.05) is 10.9 Å². The number of methoxy groups -OCH3 is 1. The molecule has 0 aliphatic heterocycles. The number of nitrogens with zero attached hydrogens (tertiary/aromatic N) is 1. The minimum absolute atomic E-state index is 0.0299. The summed E-state index contributed by atoms with van der Waals surface area (Å²) in [5.74, 6) is -1.74. The number of rotatable bonds is 2. The van der Waals surface area contributed by atoms with Gasteiger partial charge in [-0.05, 0) is 18.2 Å². The molecule has 106 valence electrons. The lowest BCUT2D eigenvalue weighted by Crippen LogP contribution is -2.08. The summed E-state index contributed by atoms with van der Waals surface area (Å²) < 4.78 is 56.0. The van der Waals surface area contributed by atoms with Crippen LogP contribution >= 0.6 is 11.3 Å². The van der Waals surface area contributed by atoms with Gasteiger partial charge in [-0.15, -0.1) is 11.3 Å². The summed E-state index contributed by atoms with van der Waals surface area (Å²) in [5.41, 5.74) is -1.51. The van der Waals surface area contributed by atoms with Gasteiger partial charge in [0.15, 0.2) is 5.69 Å². The molecule has 0 atom stereocenters. The van der Waals surface area contributed by atoms with E-state index in [1.54, 1.807) is 0 Å². The largest absolute Gasteiger partial charge is 0.464 e. The molecule has 0 N–H and O–H groups in total. The van der Waals surface area contributed by atoms with Gasteiger partial charge in [0.05, 0.1) is 12.7 Å². The number of halogens is 4. The van der Waals surface area contributed by atoms with Crippen LogP contribution in [0.1, 0.15) is 16.1 Å². The highest BCUT2D eigenvalue weighted by atomic mass is 32.1. The van der Waals surface area contributed by atoms with Crippen molar-refractivity contribution in [1.29, 1.82) is 0 Å². The van der Waals surface area contributed by atoms with Crippen molar-refractivity contribution in [2.45, 2.75) is 6.18 Å². The third-order valence-corrected chi connectivity index (χ3v) is 3.29. The van der Waals surface area contributed by atoms with E-state index in [1.807, 2.05) is 0 Å². The van der Waals surface area contributed by atoms with Gasteiger partial charge in [-0.1, -0.05) is 0 Å². The zero-order chi connectivity index (χ0) is 14.9. The van der Waals surface area contributed by atoms with E-state index >= 15 is 0 Å². The monoisotopic (exact) mass is 305 g/mol. The van der Waals surface area contributed by atoms with Crippen LogP contribution in [-0.2, 0) is 10.9 Å². The zero-order valence-corrected chi connectivity index (χ0v) is 10.8. The van der Waals surface area contributed by atoms with E-state index in [-0.39, 0.29) is 16.3 Å². The summed E-state index contributed by atoms with van der Waals surface area (Å²) in [6, 6.07) is 2.29. The van der Waals surface area contributed by atoms with Gasteiger partial charge in [-0.2, -0.15) is 13.2 Å². The molecule has 0 unspecified atom stereocenters. The highest BCUT2D eigenvalue weighted by Crippen LogP contribution is 2.38. The van der Waals surface area contributed by atoms with Gasteiger partial charge >= 0.3 is 12.1 Å². The Balaban J connectivity index is 2.53. The molecule has 0 spiro atoms. The highest BCUT2D eigenvalue weighted by molar-refractivity contribution is 7.13. The number of esters is 1. The molecule has 8 heteroatoms. The highest BCUT2D eigenvalue weighted by Gasteiger charge is 2.35. The van der Waals surface area contributed by atoms with Crippen molar-refractivity contribution in [3.63, 3.8) is 0 Å². The molecule has 2 aromatic rings. The summed E-state index contributed by atoms with van der Waals surface area (Å²) in [4.78, 5) is 15.0. The fraction of sp³-hybridized carbons (Fsp3) is 0.167. The molecular weight excluding hydrogens is 298 g/mol. The molecule has 0 aliphatic rings. The van der Waals surface area contributed by atoms with Crippen LogP contribution in [0.5, 0.6) is 0 Å². The molecule has 0 bridgehead atoms. The van der Waals surface area contributed by atoms with Crippen LogP contribution in [0, 0.1) is 5.82 Å². The molecule has 0 radical (unpaired) electrons. The maximum atomic E-state index is 13.0. The van der Waals surface area contributed by atoms with Crippen molar-refractivity contribution in [1.82, 2.24) is 4.98 Å². The number of thiazole rings is 1. The Hall–Kier alpha value is -1.96. The van der Waals surface area contributed by atoms with E-state index in [0.29, 0.717) is 6.07 Å². The van der Waals surface area contributed by atoms with Gasteiger partial charge in [0.25, 0.3) is 0 Å². The van der Waals surface area contributed by atoms with Crippen molar-refractivity contribution in [2.24, 2.45) is 0 Å². The van der Waals surface area contributed by atoms with Crippen molar-refractivity contribution in [3.8, 4) is 10.6 Å². The molecule has 2 rings (SSSR count). The quantitative estimate of drug-likeness (QED) is 0.626. The normalized spacial score (nSPS) is 11.4. The second-order valence-corrected chi connectivity index (χ2v) is 4.58. The number of hydrogen-bond donors (Lipinski definition) is 0. The van der Waals surface area contributed by atoms with Gasteiger partial charge in [-0.3, -0.25) is 0 Å². The maximum Gasteiger partial charge on any atom is 0.417 e. The minimum Gasteiger partial charge on any atom is -0.464 e. The van der Waals surface area contributed by atoms with Crippen molar-refractivity contribution >= 4 is 17.3 Å². The van der Waals surface area contributed by atoms with Crippen molar-refractivity contribution in [3.05, 3.63) is 40.7 Å². The lowest BCUT2D eigenvalue weighted by atomic mass is 10.1. The van der Waals surface area contributed by atoms with Crippen molar-refractivity contribution in [2.75, 3.05) is 7.11 Å². The Bertz CT molecular complexity index is 651. The summed E-state index contributed by atoms with van der Waals surface area (Å²) in [7, 11) is 1.14. The molecule has 0 saturated heterocycles. The van der Waals surface area contributed by atoms with E-state index in [4.69, 9.17) is 0 Å². The molecular formula is C12H7F4NO2S. The average Bonchev–Trinajstić information content (AvgIpc) is 2.86. The smallest absolute Gasteiger partial charge is 0.417 e. The maximum absolute atomic E-state index is 13.0. The average molecular weight is 305 g/mol. The van der Waals surface area contributed by atoms with E-state index in [9.17, 15) is 22.4 Å². The van der Waals surface area contributed by atoms with E-state index in [2.05, 4.69) is 9.72 Å². The molecule has 20 heavy (non-hydrogen) atoms. The van der Waals surface area contributed by atoms with Crippen LogP contribution in [0.2, 0.25) is 0 Å². The zero-order valence-electron chi connectivity index (χ0n) is 9.99. The number of benzene rings is 1. The van der Waals surface area contributed by atoms with Gasteiger partial charge in [-0.25, -0.2) is 14.2 Å². The van der Waals surface area contributed by atoms with E-state index < -0.39 is 23.5 Å². The number of carbonyl (C=O) groups excluding carboxylic acids is 1. The van der Waals surface area contributed by atoms with Crippen LogP contribution in [0.4, 0.5) is 17.6 Å². The van der Waals surface area contributed by atoms with Crippen LogP contribution < -0.4 is 0 Å². The van der Waals surface area contributed by atoms with Gasteiger partial charge < -0.3 is 4.74 Å². The number of aromatic nitrogens is 1. The Labute approximate surface area is 114 Å². The van der Waals surface area contributed by atoms with Crippen LogP contribution in [-0.4, -0.2) is 18.1 Å². The summed E-state index contributed by atoms with van der Waals surface area (Å²) in [5, 5.41) is 1.25. The Morgan fingerprint density at radius 2 is 2.05 bits per heavy atom. The van der Waals surface area contributed by atoms with Crippen LogP contribution in [0.25, 0.3) is 10.6 Å². The second kappa shape index (κ2) is 5.20. The predicted octanol–water partition coefficient (Wildman–Crippen LogP) is 3.75. The third-order valence-electron chi connectivity index (χ3n) is 2.42. The first-order chi connectivity index (χ1) is 9.32. The van der Waals surface area contributed by atoms with Crippen LogP contribution in [0.15, 0.2) is 23.6 Å². The number of alkyl halides is 3. The first kappa shape index (κ1) is 14.4. The number of hydrogen-bond acceptors (Lipinski definition) is 4. The molecule has 3 nitrogen and oxygen atoms in total. The minimum atomic E-state index is -4.71. The number of carbonyl (C=O) groups is 1. The Kier molecular flexibility index (Phi) is 3.76. The lowest BCUT2D eigenvalue weighted by Gasteiger charge is -2.10. The van der Waals surface area contributed by atoms with E-state index in [0.717, 1.165) is 30.6 Å². The van der Waals surface area contributed by atoms with Gasteiger partial charge in [0.2, 0.25) is 0 Å². The molecule has 1 aromatic carbocycles. The van der Waals surface area contributed by atoms with Crippen LogP contribution in [0.3, 0.4) is 0 Å².